The van der Waals surface area contributed by atoms with Gasteiger partial charge < -0.3 is 0 Å². The molecule has 106 valence electrons. The van der Waals surface area contributed by atoms with Crippen molar-refractivity contribution in [3.05, 3.63) is 35.4 Å². The molecule has 0 aliphatic carbocycles. The largest absolute Gasteiger partial charge is 0.297 e. The fourth-order valence-electron chi connectivity index (χ4n) is 2.30. The van der Waals surface area contributed by atoms with Crippen molar-refractivity contribution in [2.75, 3.05) is 32.7 Å². The molecular formula is C14H19N5O. The Labute approximate surface area is 118 Å². The molecule has 1 heterocycles. The van der Waals surface area contributed by atoms with E-state index in [4.69, 9.17) is 11.1 Å². The van der Waals surface area contributed by atoms with Gasteiger partial charge in [-0.1, -0.05) is 12.1 Å². The van der Waals surface area contributed by atoms with E-state index in [1.165, 1.54) is 5.56 Å². The molecule has 0 atom stereocenters. The summed E-state index contributed by atoms with van der Waals surface area (Å²) in [5.41, 5.74) is 4.05. The number of nitrogens with two attached hydrogens (primary N) is 1. The van der Waals surface area contributed by atoms with Crippen molar-refractivity contribution in [3.63, 3.8) is 0 Å². The molecular weight excluding hydrogens is 254 g/mol. The molecule has 1 amide bonds. The molecule has 1 aromatic carbocycles. The summed E-state index contributed by atoms with van der Waals surface area (Å²) in [7, 11) is 0. The van der Waals surface area contributed by atoms with Crippen LogP contribution in [-0.4, -0.2) is 48.4 Å². The van der Waals surface area contributed by atoms with Crippen LogP contribution in [0.15, 0.2) is 24.3 Å². The monoisotopic (exact) mass is 273 g/mol. The molecule has 1 fully saturated rings. The maximum absolute atomic E-state index is 11.2. The first-order chi connectivity index (χ1) is 9.71. The molecule has 1 saturated heterocycles. The summed E-state index contributed by atoms with van der Waals surface area (Å²) in [4.78, 5) is 15.6. The zero-order chi connectivity index (χ0) is 14.4. The molecule has 0 spiro atoms. The highest BCUT2D eigenvalue weighted by molar-refractivity contribution is 5.77. The molecule has 6 nitrogen and oxygen atoms in total. The van der Waals surface area contributed by atoms with E-state index in [0.717, 1.165) is 32.7 Å². The van der Waals surface area contributed by atoms with Crippen molar-refractivity contribution in [2.24, 2.45) is 5.84 Å². The molecule has 0 radical (unpaired) electrons. The van der Waals surface area contributed by atoms with E-state index in [-0.39, 0.29) is 5.91 Å². The number of piperazine rings is 1. The zero-order valence-corrected chi connectivity index (χ0v) is 11.4. The van der Waals surface area contributed by atoms with Crippen molar-refractivity contribution < 1.29 is 4.79 Å². The molecule has 0 bridgehead atoms. The van der Waals surface area contributed by atoms with Crippen LogP contribution in [0, 0.1) is 11.3 Å². The molecule has 20 heavy (non-hydrogen) atoms. The Morgan fingerprint density at radius 2 is 1.80 bits per heavy atom. The topological polar surface area (TPSA) is 85.4 Å². The van der Waals surface area contributed by atoms with Crippen LogP contribution < -0.4 is 11.3 Å². The van der Waals surface area contributed by atoms with Gasteiger partial charge in [0, 0.05) is 32.7 Å². The molecule has 0 unspecified atom stereocenters. The predicted molar refractivity (Wildman–Crippen MR) is 75.2 cm³/mol. The van der Waals surface area contributed by atoms with E-state index < -0.39 is 0 Å². The summed E-state index contributed by atoms with van der Waals surface area (Å²) in [5, 5.41) is 8.76. The minimum Gasteiger partial charge on any atom is -0.297 e. The highest BCUT2D eigenvalue weighted by atomic mass is 16.2. The highest BCUT2D eigenvalue weighted by Crippen LogP contribution is 2.09. The lowest BCUT2D eigenvalue weighted by Gasteiger charge is -2.34. The summed E-state index contributed by atoms with van der Waals surface area (Å²) in [6.45, 7) is 4.83. The van der Waals surface area contributed by atoms with Gasteiger partial charge in [0.2, 0.25) is 5.91 Å². The van der Waals surface area contributed by atoms with Crippen LogP contribution in [0.4, 0.5) is 0 Å². The van der Waals surface area contributed by atoms with Gasteiger partial charge >= 0.3 is 0 Å². The number of hydrazine groups is 1. The van der Waals surface area contributed by atoms with Gasteiger partial charge in [0.05, 0.1) is 18.2 Å². The van der Waals surface area contributed by atoms with Crippen molar-refractivity contribution in [1.29, 1.82) is 5.26 Å². The van der Waals surface area contributed by atoms with Crippen LogP contribution in [-0.2, 0) is 11.3 Å². The normalized spacial score (nSPS) is 16.6. The van der Waals surface area contributed by atoms with Crippen LogP contribution in [0.3, 0.4) is 0 Å². The molecule has 1 aromatic rings. The predicted octanol–water partition coefficient (Wildman–Crippen LogP) is -0.334. The second-order valence-corrected chi connectivity index (χ2v) is 4.93. The van der Waals surface area contributed by atoms with Gasteiger partial charge in [0.25, 0.3) is 0 Å². The average molecular weight is 273 g/mol. The smallest absolute Gasteiger partial charge is 0.248 e. The van der Waals surface area contributed by atoms with Gasteiger partial charge in [-0.15, -0.1) is 0 Å². The minimum atomic E-state index is -0.148. The van der Waals surface area contributed by atoms with Gasteiger partial charge in [-0.25, -0.2) is 5.84 Å². The standard InChI is InChI=1S/C14H19N5O/c15-9-12-1-3-13(4-2-12)10-18-5-7-19(8-6-18)11-14(20)17-16/h1-4H,5-8,10-11,16H2,(H,17,20). The van der Waals surface area contributed by atoms with Crippen LogP contribution >= 0.6 is 0 Å². The number of nitrogens with one attached hydrogen (secondary N) is 1. The van der Waals surface area contributed by atoms with E-state index in [0.29, 0.717) is 12.1 Å². The lowest BCUT2D eigenvalue weighted by Crippen LogP contribution is -2.49. The zero-order valence-electron chi connectivity index (χ0n) is 11.4. The Morgan fingerprint density at radius 1 is 1.20 bits per heavy atom. The second kappa shape index (κ2) is 7.01. The molecule has 0 saturated carbocycles. The number of carbonyl (C=O) groups is 1. The second-order valence-electron chi connectivity index (χ2n) is 4.93. The molecule has 1 aliphatic rings. The summed E-state index contributed by atoms with van der Waals surface area (Å²) in [6, 6.07) is 9.79. The first-order valence-electron chi connectivity index (χ1n) is 6.64. The van der Waals surface area contributed by atoms with Crippen LogP contribution in [0.2, 0.25) is 0 Å². The number of carbonyl (C=O) groups excluding carboxylic acids is 1. The Balaban J connectivity index is 1.79. The van der Waals surface area contributed by atoms with Crippen molar-refractivity contribution in [1.82, 2.24) is 15.2 Å². The quantitative estimate of drug-likeness (QED) is 0.445. The Hall–Kier alpha value is -1.94. The fraction of sp³-hybridized carbons (Fsp3) is 0.429. The first kappa shape index (κ1) is 14.5. The third-order valence-electron chi connectivity index (χ3n) is 3.48. The van der Waals surface area contributed by atoms with E-state index in [1.54, 1.807) is 0 Å². The van der Waals surface area contributed by atoms with Gasteiger partial charge in [0.1, 0.15) is 0 Å². The molecule has 6 heteroatoms. The fourth-order valence-corrected chi connectivity index (χ4v) is 2.30. The number of amides is 1. The Bertz CT molecular complexity index is 485. The van der Waals surface area contributed by atoms with Crippen molar-refractivity contribution in [3.8, 4) is 6.07 Å². The van der Waals surface area contributed by atoms with Crippen molar-refractivity contribution >= 4 is 5.91 Å². The van der Waals surface area contributed by atoms with E-state index in [1.807, 2.05) is 24.3 Å². The van der Waals surface area contributed by atoms with Gasteiger partial charge in [-0.3, -0.25) is 20.0 Å². The number of hydrogen-bond acceptors (Lipinski definition) is 5. The van der Waals surface area contributed by atoms with Crippen LogP contribution in [0.1, 0.15) is 11.1 Å². The van der Waals surface area contributed by atoms with E-state index in [9.17, 15) is 4.79 Å². The molecule has 1 aliphatic heterocycles. The Morgan fingerprint density at radius 3 is 2.35 bits per heavy atom. The maximum Gasteiger partial charge on any atom is 0.248 e. The molecule has 2 rings (SSSR count). The van der Waals surface area contributed by atoms with Gasteiger partial charge in [-0.2, -0.15) is 5.26 Å². The summed E-state index contributed by atoms with van der Waals surface area (Å²) in [5.74, 6) is 4.94. The van der Waals surface area contributed by atoms with E-state index >= 15 is 0 Å². The van der Waals surface area contributed by atoms with Crippen LogP contribution in [0.5, 0.6) is 0 Å². The number of benzene rings is 1. The summed E-state index contributed by atoms with van der Waals surface area (Å²) in [6.07, 6.45) is 0. The number of nitrogens with zero attached hydrogens (tertiary/aromatic N) is 3. The van der Waals surface area contributed by atoms with Crippen molar-refractivity contribution in [2.45, 2.75) is 6.54 Å². The lowest BCUT2D eigenvalue weighted by atomic mass is 10.1. The third-order valence-corrected chi connectivity index (χ3v) is 3.48. The number of rotatable bonds is 4. The SMILES string of the molecule is N#Cc1ccc(CN2CCN(CC(=O)NN)CC2)cc1. The summed E-state index contributed by atoms with van der Waals surface area (Å²) >= 11 is 0. The minimum absolute atomic E-state index is 0.148. The van der Waals surface area contributed by atoms with E-state index in [2.05, 4.69) is 21.3 Å². The molecule has 0 aromatic heterocycles. The number of nitriles is 1. The van der Waals surface area contributed by atoms with Gasteiger partial charge in [0.15, 0.2) is 0 Å². The maximum atomic E-state index is 11.2. The highest BCUT2D eigenvalue weighted by Gasteiger charge is 2.18. The van der Waals surface area contributed by atoms with Crippen LogP contribution in [0.25, 0.3) is 0 Å². The lowest BCUT2D eigenvalue weighted by molar-refractivity contribution is -0.122. The third kappa shape index (κ3) is 4.03. The molecule has 3 N–H and O–H groups in total. The summed E-state index contributed by atoms with van der Waals surface area (Å²) < 4.78 is 0. The van der Waals surface area contributed by atoms with Gasteiger partial charge in [-0.05, 0) is 17.7 Å². The number of hydrogen-bond donors (Lipinski definition) is 2. The average Bonchev–Trinajstić information content (AvgIpc) is 2.50. The first-order valence-corrected chi connectivity index (χ1v) is 6.64. The Kier molecular flexibility index (Phi) is 5.07.